The van der Waals surface area contributed by atoms with Crippen LogP contribution < -0.4 is 9.47 Å². The molecule has 6 aromatic carbocycles. The smallest absolute Gasteiger partial charge is 0.414 e. The Morgan fingerprint density at radius 1 is 0.427 bits per heavy atom. The molecular formula is C66H76N2O19S2. The van der Waals surface area contributed by atoms with E-state index in [0.717, 1.165) is 91.8 Å². The highest BCUT2D eigenvalue weighted by atomic mass is 32.1. The molecule has 0 spiro atoms. The lowest BCUT2D eigenvalue weighted by molar-refractivity contribution is -0.159. The molecule has 0 unspecified atom stereocenters. The van der Waals surface area contributed by atoms with E-state index in [1.807, 2.05) is 48.5 Å². The first-order valence-corrected chi connectivity index (χ1v) is 29.9. The molecule has 0 aliphatic carbocycles. The molecule has 2 saturated heterocycles. The third-order valence-corrected chi connectivity index (χ3v) is 15.3. The number of thiophene rings is 2. The van der Waals surface area contributed by atoms with Gasteiger partial charge in [-0.2, -0.15) is 0 Å². The van der Waals surface area contributed by atoms with Crippen molar-refractivity contribution in [1.82, 2.24) is 9.80 Å². The standard InChI is InChI=1S/2C28H27NO4S.2C3H8O.2C2H2O4.H2O/c2*30-21-8-4-20(5-9-21)28-26(24-13-10-22(31)18-25(24)34-28)27(32)19-6-11-23(12-7-19)33-17-16-29-14-2-1-3-15-29;2*1-3(2)4;2*3-1(4)2(5)6;/h2*4-13,18,30-31H,1-3,14-17H2;2*3-4H,1-2H3;2*(H,3,4)(H,5,6);1H2. The first-order valence-electron chi connectivity index (χ1n) is 28.3. The number of hydrogen-bond donors (Lipinski definition) is 10. The second-order valence-electron chi connectivity index (χ2n) is 20.7. The molecule has 0 atom stereocenters. The van der Waals surface area contributed by atoms with Gasteiger partial charge in [0.15, 0.2) is 11.6 Å². The molecule has 4 heterocycles. The zero-order valence-electron chi connectivity index (χ0n) is 49.7. The molecule has 476 valence electrons. The molecule has 2 aliphatic rings. The number of ether oxygens (including phenoxy) is 2. The van der Waals surface area contributed by atoms with Gasteiger partial charge in [-0.05, 0) is 224 Å². The van der Waals surface area contributed by atoms with E-state index in [1.54, 1.807) is 113 Å². The number of carboxylic acid groups (broad SMARTS) is 4. The molecule has 10 rings (SSSR count). The first-order chi connectivity index (χ1) is 41.9. The Morgan fingerprint density at radius 2 is 0.708 bits per heavy atom. The van der Waals surface area contributed by atoms with Crippen LogP contribution in [0.25, 0.3) is 41.1 Å². The van der Waals surface area contributed by atoms with Gasteiger partial charge in [0, 0.05) is 77.5 Å². The molecule has 12 N–H and O–H groups in total. The quantitative estimate of drug-likeness (QED) is 0.0357. The summed E-state index contributed by atoms with van der Waals surface area (Å²) in [4.78, 5) is 70.2. The highest BCUT2D eigenvalue weighted by molar-refractivity contribution is 7.23. The SMILES string of the molecule is CC(C)O.CC(C)O.O.O=C(O)C(=O)O.O=C(O)C(=O)O.O=C(c1ccc(OCCN2CCCCC2)cc1)c1c(-c2ccc(O)cc2)sc2cc(O)ccc12.O=C(c1ccc(OCCN2CCCCC2)cc1)c1c(-c2ccc(O)cc2)sc2cc(O)ccc12. The van der Waals surface area contributed by atoms with E-state index in [-0.39, 0.29) is 52.2 Å². The van der Waals surface area contributed by atoms with Gasteiger partial charge in [0.25, 0.3) is 0 Å². The van der Waals surface area contributed by atoms with Gasteiger partial charge in [-0.3, -0.25) is 19.4 Å². The number of benzene rings is 6. The Bertz CT molecular complexity index is 3290. The fraction of sp³-hybridized carbons (Fsp3) is 0.303. The van der Waals surface area contributed by atoms with Crippen LogP contribution in [0.3, 0.4) is 0 Å². The average molecular weight is 1270 g/mol. The minimum absolute atomic E-state index is 0. The van der Waals surface area contributed by atoms with Crippen molar-refractivity contribution >= 4 is 78.3 Å². The summed E-state index contributed by atoms with van der Waals surface area (Å²) in [5, 5.41) is 86.6. The van der Waals surface area contributed by atoms with Gasteiger partial charge in [0.2, 0.25) is 0 Å². The summed E-state index contributed by atoms with van der Waals surface area (Å²) in [7, 11) is 0. The second-order valence-corrected chi connectivity index (χ2v) is 22.8. The minimum atomic E-state index is -1.82. The summed E-state index contributed by atoms with van der Waals surface area (Å²) in [6.07, 6.45) is 7.36. The van der Waals surface area contributed by atoms with Gasteiger partial charge in [-0.15, -0.1) is 22.7 Å². The molecule has 89 heavy (non-hydrogen) atoms. The molecule has 0 bridgehead atoms. The summed E-state index contributed by atoms with van der Waals surface area (Å²) < 4.78 is 13.5. The lowest BCUT2D eigenvalue weighted by atomic mass is 9.97. The number of aliphatic hydroxyl groups is 2. The second kappa shape index (κ2) is 36.4. The highest BCUT2D eigenvalue weighted by Gasteiger charge is 2.24. The van der Waals surface area contributed by atoms with Crippen molar-refractivity contribution in [2.24, 2.45) is 0 Å². The van der Waals surface area contributed by atoms with Gasteiger partial charge >= 0.3 is 23.9 Å². The molecule has 0 radical (unpaired) electrons. The number of piperidine rings is 2. The number of carboxylic acids is 4. The highest BCUT2D eigenvalue weighted by Crippen LogP contribution is 2.43. The molecule has 2 fully saturated rings. The van der Waals surface area contributed by atoms with E-state index >= 15 is 0 Å². The van der Waals surface area contributed by atoms with Crippen molar-refractivity contribution in [3.8, 4) is 55.4 Å². The van der Waals surface area contributed by atoms with Crippen LogP contribution in [0.15, 0.2) is 133 Å². The van der Waals surface area contributed by atoms with Crippen LogP contribution in [-0.4, -0.2) is 166 Å². The summed E-state index contributed by atoms with van der Waals surface area (Å²) in [5.41, 5.74) is 4.06. The summed E-state index contributed by atoms with van der Waals surface area (Å²) in [6.45, 7) is 14.6. The number of carbonyl (C=O) groups excluding carboxylic acids is 2. The van der Waals surface area contributed by atoms with Crippen LogP contribution in [0, 0.1) is 0 Å². The van der Waals surface area contributed by atoms with Crippen molar-refractivity contribution in [2.45, 2.75) is 78.4 Å². The first kappa shape index (κ1) is 72.5. The van der Waals surface area contributed by atoms with Crippen molar-refractivity contribution in [3.05, 3.63) is 156 Å². The number of fused-ring (bicyclic) bond motifs is 2. The van der Waals surface area contributed by atoms with Crippen molar-refractivity contribution in [1.29, 1.82) is 0 Å². The molecule has 0 saturated carbocycles. The number of aromatic hydroxyl groups is 4. The molecular weight excluding hydrogens is 1190 g/mol. The third-order valence-electron chi connectivity index (χ3n) is 12.9. The van der Waals surface area contributed by atoms with Gasteiger partial charge in [0.1, 0.15) is 47.7 Å². The number of ketones is 2. The number of rotatable bonds is 14. The zero-order valence-corrected chi connectivity index (χ0v) is 51.3. The van der Waals surface area contributed by atoms with Crippen molar-refractivity contribution in [2.75, 3.05) is 52.5 Å². The molecule has 21 nitrogen and oxygen atoms in total. The topological polar surface area (TPSA) is 361 Å². The Kier molecular flexibility index (Phi) is 29.7. The zero-order chi connectivity index (χ0) is 64.5. The number of phenols is 4. The van der Waals surface area contributed by atoms with E-state index in [2.05, 4.69) is 9.80 Å². The predicted molar refractivity (Wildman–Crippen MR) is 341 cm³/mol. The summed E-state index contributed by atoms with van der Waals surface area (Å²) >= 11 is 2.91. The lowest BCUT2D eigenvalue weighted by Gasteiger charge is -2.26. The fourth-order valence-electron chi connectivity index (χ4n) is 8.90. The Balaban J connectivity index is 0.000000289. The van der Waals surface area contributed by atoms with Gasteiger partial charge in [0.05, 0.1) is 0 Å². The van der Waals surface area contributed by atoms with Gasteiger partial charge < -0.3 is 66.0 Å². The summed E-state index contributed by atoms with van der Waals surface area (Å²) in [6, 6.07) is 38.4. The predicted octanol–water partition coefficient (Wildman–Crippen LogP) is 10.4. The number of hydrogen-bond acceptors (Lipinski definition) is 18. The maximum Gasteiger partial charge on any atom is 0.414 e. The van der Waals surface area contributed by atoms with Crippen molar-refractivity contribution < 1.29 is 94.8 Å². The average Bonchev–Trinajstić information content (AvgIpc) is 1.71. The number of likely N-dealkylation sites (tertiary alicyclic amines) is 2. The van der Waals surface area contributed by atoms with E-state index in [9.17, 15) is 30.0 Å². The monoisotopic (exact) mass is 1260 g/mol. The number of aliphatic carboxylic acids is 4. The van der Waals surface area contributed by atoms with Crippen LogP contribution in [0.1, 0.15) is 98.1 Å². The molecule has 0 amide bonds. The van der Waals surface area contributed by atoms with E-state index < -0.39 is 23.9 Å². The molecule has 8 aromatic rings. The maximum atomic E-state index is 13.6. The van der Waals surface area contributed by atoms with E-state index in [1.165, 1.54) is 61.2 Å². The lowest BCUT2D eigenvalue weighted by Crippen LogP contribution is -2.33. The van der Waals surface area contributed by atoms with Crippen LogP contribution >= 0.6 is 22.7 Å². The number of nitrogens with zero attached hydrogens (tertiary/aromatic N) is 2. The van der Waals surface area contributed by atoms with E-state index in [4.69, 9.17) is 59.3 Å². The van der Waals surface area contributed by atoms with E-state index in [0.29, 0.717) is 35.5 Å². The minimum Gasteiger partial charge on any atom is -0.508 e. The normalized spacial score (nSPS) is 12.8. The van der Waals surface area contributed by atoms with Gasteiger partial charge in [-0.1, -0.05) is 12.8 Å². The Morgan fingerprint density at radius 3 is 0.989 bits per heavy atom. The summed E-state index contributed by atoms with van der Waals surface area (Å²) in [5.74, 6) is -5.28. The van der Waals surface area contributed by atoms with Crippen molar-refractivity contribution in [3.63, 3.8) is 0 Å². The Hall–Kier alpha value is -8.94. The van der Waals surface area contributed by atoms with Crippen LogP contribution in [0.5, 0.6) is 34.5 Å². The number of carbonyl (C=O) groups is 6. The van der Waals surface area contributed by atoms with Crippen LogP contribution in [0.2, 0.25) is 0 Å². The molecule has 2 aromatic heterocycles. The van der Waals surface area contributed by atoms with Crippen LogP contribution in [-0.2, 0) is 19.2 Å². The molecule has 2 aliphatic heterocycles. The van der Waals surface area contributed by atoms with Crippen LogP contribution in [0.4, 0.5) is 0 Å². The fourth-order valence-corrected chi connectivity index (χ4v) is 11.4. The third kappa shape index (κ3) is 23.6. The Labute approximate surface area is 522 Å². The molecule has 23 heteroatoms. The van der Waals surface area contributed by atoms with Gasteiger partial charge in [-0.25, -0.2) is 19.2 Å². The number of phenolic OH excluding ortho intramolecular Hbond substituents is 4. The number of aliphatic hydroxyl groups excluding tert-OH is 2. The maximum absolute atomic E-state index is 13.6. The largest absolute Gasteiger partial charge is 0.508 e.